The predicted molar refractivity (Wildman–Crippen MR) is 107 cm³/mol. The second-order valence-electron chi connectivity index (χ2n) is 5.77. The first-order chi connectivity index (χ1) is 13.2. The van der Waals surface area contributed by atoms with Crippen LogP contribution in [-0.2, 0) is 6.54 Å². The fourth-order valence-electron chi connectivity index (χ4n) is 2.71. The van der Waals surface area contributed by atoms with Crippen LogP contribution in [0, 0.1) is 5.82 Å². The number of hydrogen-bond donors (Lipinski definition) is 1. The Hall–Kier alpha value is -2.64. The number of hydrogen-bond acceptors (Lipinski definition) is 5. The van der Waals surface area contributed by atoms with Crippen molar-refractivity contribution in [3.63, 3.8) is 0 Å². The molecule has 0 unspecified atom stereocenters. The topological polar surface area (TPSA) is 55.6 Å². The van der Waals surface area contributed by atoms with Gasteiger partial charge < -0.3 is 5.32 Å². The van der Waals surface area contributed by atoms with Gasteiger partial charge in [-0.25, -0.2) is 19.0 Å². The summed E-state index contributed by atoms with van der Waals surface area (Å²) in [4.78, 5) is 9.15. The molecule has 0 aliphatic rings. The van der Waals surface area contributed by atoms with Gasteiger partial charge in [-0.05, 0) is 42.2 Å². The molecule has 0 saturated heterocycles. The van der Waals surface area contributed by atoms with E-state index in [1.54, 1.807) is 23.0 Å². The summed E-state index contributed by atoms with van der Waals surface area (Å²) in [5.41, 5.74) is 2.36. The summed E-state index contributed by atoms with van der Waals surface area (Å²) in [5.74, 6) is 0.384. The van der Waals surface area contributed by atoms with Crippen molar-refractivity contribution in [2.24, 2.45) is 0 Å². The van der Waals surface area contributed by atoms with Crippen LogP contribution in [0.25, 0.3) is 16.7 Å². The maximum atomic E-state index is 13.2. The number of fused-ring (bicyclic) bond motifs is 1. The Morgan fingerprint density at radius 2 is 1.89 bits per heavy atom. The lowest BCUT2D eigenvalue weighted by Gasteiger charge is -2.10. The van der Waals surface area contributed by atoms with Crippen molar-refractivity contribution in [1.29, 1.82) is 0 Å². The number of benzene rings is 2. The molecule has 0 radical (unpaired) electrons. The summed E-state index contributed by atoms with van der Waals surface area (Å²) in [6.07, 6.45) is 3.62. The zero-order chi connectivity index (χ0) is 18.8. The lowest BCUT2D eigenvalue weighted by Crippen LogP contribution is -2.05. The van der Waals surface area contributed by atoms with Gasteiger partial charge in [-0.3, -0.25) is 0 Å². The van der Waals surface area contributed by atoms with Gasteiger partial charge in [-0.1, -0.05) is 41.6 Å². The van der Waals surface area contributed by atoms with Crippen molar-refractivity contribution >= 4 is 40.2 Å². The minimum Gasteiger partial charge on any atom is -0.365 e. The highest BCUT2D eigenvalue weighted by atomic mass is 35.5. The first-order valence-electron chi connectivity index (χ1n) is 8.18. The van der Waals surface area contributed by atoms with Crippen LogP contribution in [0.4, 0.5) is 10.2 Å². The Morgan fingerprint density at radius 3 is 2.63 bits per heavy atom. The van der Waals surface area contributed by atoms with Gasteiger partial charge >= 0.3 is 0 Å². The zero-order valence-corrected chi connectivity index (χ0v) is 15.9. The number of halogens is 2. The van der Waals surface area contributed by atoms with Crippen molar-refractivity contribution in [1.82, 2.24) is 19.7 Å². The number of aromatic nitrogens is 4. The van der Waals surface area contributed by atoms with Gasteiger partial charge in [-0.2, -0.15) is 5.10 Å². The first-order valence-corrected chi connectivity index (χ1v) is 9.79. The molecule has 5 nitrogen and oxygen atoms in total. The van der Waals surface area contributed by atoms with Crippen molar-refractivity contribution in [2.75, 3.05) is 11.6 Å². The number of rotatable bonds is 5. The third-order valence-electron chi connectivity index (χ3n) is 4.07. The average molecular weight is 400 g/mol. The Kier molecular flexibility index (Phi) is 4.96. The van der Waals surface area contributed by atoms with Gasteiger partial charge in [0, 0.05) is 11.6 Å². The molecule has 4 aromatic rings. The average Bonchev–Trinajstić information content (AvgIpc) is 3.11. The molecule has 4 rings (SSSR count). The molecule has 0 aliphatic carbocycles. The first kappa shape index (κ1) is 17.8. The SMILES string of the molecule is CSc1nc(NCc2ccccc2Cl)c2cnn(-c3ccc(F)cc3)c2n1. The quantitative estimate of drug-likeness (QED) is 0.380. The van der Waals surface area contributed by atoms with E-state index in [-0.39, 0.29) is 5.82 Å². The molecule has 0 bridgehead atoms. The second kappa shape index (κ2) is 7.54. The molecular weight excluding hydrogens is 385 g/mol. The highest BCUT2D eigenvalue weighted by Crippen LogP contribution is 2.26. The standard InChI is InChI=1S/C19H15ClFN5S/c1-27-19-24-17(22-10-12-4-2-3-5-16(12)20)15-11-23-26(18(15)25-19)14-8-6-13(21)7-9-14/h2-9,11H,10H2,1H3,(H,22,24,25). The van der Waals surface area contributed by atoms with E-state index in [2.05, 4.69) is 20.4 Å². The second-order valence-corrected chi connectivity index (χ2v) is 6.95. The van der Waals surface area contributed by atoms with Crippen LogP contribution < -0.4 is 5.32 Å². The van der Waals surface area contributed by atoms with E-state index in [1.807, 2.05) is 30.5 Å². The Morgan fingerprint density at radius 1 is 1.11 bits per heavy atom. The summed E-state index contributed by atoms with van der Waals surface area (Å²) < 4.78 is 14.9. The molecule has 8 heteroatoms. The summed E-state index contributed by atoms with van der Waals surface area (Å²) in [5, 5.41) is 9.85. The molecule has 2 aromatic carbocycles. The number of nitrogens with one attached hydrogen (secondary N) is 1. The molecule has 2 heterocycles. The van der Waals surface area contributed by atoms with E-state index in [9.17, 15) is 4.39 Å². The number of nitrogens with zero attached hydrogens (tertiary/aromatic N) is 4. The predicted octanol–water partition coefficient (Wildman–Crippen LogP) is 4.94. The molecule has 136 valence electrons. The maximum Gasteiger partial charge on any atom is 0.191 e. The Bertz CT molecular complexity index is 1100. The van der Waals surface area contributed by atoms with Crippen molar-refractivity contribution in [2.45, 2.75) is 11.7 Å². The molecule has 0 saturated carbocycles. The van der Waals surface area contributed by atoms with Gasteiger partial charge in [-0.15, -0.1) is 0 Å². The maximum absolute atomic E-state index is 13.2. The van der Waals surface area contributed by atoms with E-state index in [1.165, 1.54) is 23.9 Å². The van der Waals surface area contributed by atoms with Gasteiger partial charge in [0.2, 0.25) is 0 Å². The number of thioether (sulfide) groups is 1. The van der Waals surface area contributed by atoms with E-state index < -0.39 is 0 Å². The van der Waals surface area contributed by atoms with Crippen LogP contribution in [0.5, 0.6) is 0 Å². The Labute approximate surface area is 164 Å². The van der Waals surface area contributed by atoms with Crippen molar-refractivity contribution in [3.05, 3.63) is 71.1 Å². The van der Waals surface area contributed by atoms with Gasteiger partial charge in [0.05, 0.1) is 17.3 Å². The number of anilines is 1. The molecule has 0 spiro atoms. The Balaban J connectivity index is 1.74. The third kappa shape index (κ3) is 3.61. The lowest BCUT2D eigenvalue weighted by atomic mass is 10.2. The highest BCUT2D eigenvalue weighted by molar-refractivity contribution is 7.98. The van der Waals surface area contributed by atoms with E-state index in [0.29, 0.717) is 28.2 Å². The third-order valence-corrected chi connectivity index (χ3v) is 4.98. The molecule has 27 heavy (non-hydrogen) atoms. The fraction of sp³-hybridized carbons (Fsp3) is 0.105. The molecule has 0 amide bonds. The van der Waals surface area contributed by atoms with E-state index in [0.717, 1.165) is 16.6 Å². The van der Waals surface area contributed by atoms with Crippen molar-refractivity contribution in [3.8, 4) is 5.69 Å². The molecule has 2 aromatic heterocycles. The van der Waals surface area contributed by atoms with Crippen LogP contribution in [0.2, 0.25) is 5.02 Å². The molecule has 0 fully saturated rings. The van der Waals surface area contributed by atoms with E-state index in [4.69, 9.17) is 11.6 Å². The largest absolute Gasteiger partial charge is 0.365 e. The van der Waals surface area contributed by atoms with Crippen LogP contribution >= 0.6 is 23.4 Å². The van der Waals surface area contributed by atoms with Crippen LogP contribution in [-0.4, -0.2) is 26.0 Å². The van der Waals surface area contributed by atoms with Crippen LogP contribution in [0.3, 0.4) is 0 Å². The fourth-order valence-corrected chi connectivity index (χ4v) is 3.27. The minimum absolute atomic E-state index is 0.295. The zero-order valence-electron chi connectivity index (χ0n) is 14.4. The summed E-state index contributed by atoms with van der Waals surface area (Å²) >= 11 is 7.68. The molecule has 0 aliphatic heterocycles. The van der Waals surface area contributed by atoms with Gasteiger partial charge in [0.25, 0.3) is 0 Å². The summed E-state index contributed by atoms with van der Waals surface area (Å²) in [6, 6.07) is 13.8. The van der Waals surface area contributed by atoms with Crippen LogP contribution in [0.1, 0.15) is 5.56 Å². The normalized spacial score (nSPS) is 11.1. The smallest absolute Gasteiger partial charge is 0.191 e. The monoisotopic (exact) mass is 399 g/mol. The van der Waals surface area contributed by atoms with Gasteiger partial charge in [0.1, 0.15) is 11.6 Å². The lowest BCUT2D eigenvalue weighted by molar-refractivity contribution is 0.627. The van der Waals surface area contributed by atoms with Crippen molar-refractivity contribution < 1.29 is 4.39 Å². The van der Waals surface area contributed by atoms with E-state index >= 15 is 0 Å². The molecular formula is C19H15ClFN5S. The molecule has 1 N–H and O–H groups in total. The molecule has 0 atom stereocenters. The minimum atomic E-state index is -0.295. The highest BCUT2D eigenvalue weighted by Gasteiger charge is 2.14. The summed E-state index contributed by atoms with van der Waals surface area (Å²) in [6.45, 7) is 0.529. The summed E-state index contributed by atoms with van der Waals surface area (Å²) in [7, 11) is 0. The van der Waals surface area contributed by atoms with Crippen LogP contribution in [0.15, 0.2) is 59.9 Å². The van der Waals surface area contributed by atoms with Gasteiger partial charge in [0.15, 0.2) is 10.8 Å².